The maximum Gasteiger partial charge on any atom is 0.248 e. The molecule has 2 rings (SSSR count). The molecule has 0 aliphatic heterocycles. The van der Waals surface area contributed by atoms with E-state index >= 15 is 0 Å². The first-order valence-electron chi connectivity index (χ1n) is 7.48. The molecule has 2 aromatic carbocycles. The van der Waals surface area contributed by atoms with Gasteiger partial charge in [0.05, 0.1) is 0 Å². The Morgan fingerprint density at radius 2 is 1.79 bits per heavy atom. The summed E-state index contributed by atoms with van der Waals surface area (Å²) in [4.78, 5) is 25.2. The maximum atomic E-state index is 12.5. The number of rotatable bonds is 6. The summed E-state index contributed by atoms with van der Waals surface area (Å²) in [6.07, 6.45) is 0. The fourth-order valence-corrected chi connectivity index (χ4v) is 3.41. The van der Waals surface area contributed by atoms with Crippen LogP contribution in [0, 0.1) is 0 Å². The first-order valence-corrected chi connectivity index (χ1v) is 8.87. The van der Waals surface area contributed by atoms with Crippen molar-refractivity contribution in [2.75, 3.05) is 11.9 Å². The molecule has 0 saturated heterocycles. The molecule has 2 atom stereocenters. The van der Waals surface area contributed by atoms with Crippen molar-refractivity contribution in [3.05, 3.63) is 65.7 Å². The molecule has 0 saturated carbocycles. The lowest BCUT2D eigenvalue weighted by molar-refractivity contribution is -0.117. The lowest BCUT2D eigenvalue weighted by Gasteiger charge is -2.21. The minimum atomic E-state index is -1.41. The molecule has 2 unspecified atom stereocenters. The first kappa shape index (κ1) is 17.9. The van der Waals surface area contributed by atoms with E-state index in [0.29, 0.717) is 11.1 Å². The average molecular weight is 344 g/mol. The van der Waals surface area contributed by atoms with Crippen molar-refractivity contribution in [1.29, 1.82) is 0 Å². The molecule has 0 radical (unpaired) electrons. The molecule has 126 valence electrons. The summed E-state index contributed by atoms with van der Waals surface area (Å²) in [6.45, 7) is 1.65. The number of benzene rings is 2. The predicted octanol–water partition coefficient (Wildman–Crippen LogP) is 2.09. The standard InChI is InChI=1S/C18H20N2O3S/c1-13(18(22)20(2)16-9-4-3-5-10-16)24(23)12-14-7-6-8-15(11-14)17(19)21/h3-11,13H,12H2,1-2H3,(H2,19,21). The third-order valence-electron chi connectivity index (χ3n) is 3.74. The van der Waals surface area contributed by atoms with Crippen LogP contribution >= 0.6 is 0 Å². The van der Waals surface area contributed by atoms with Gasteiger partial charge in [-0.3, -0.25) is 13.8 Å². The normalized spacial score (nSPS) is 13.1. The van der Waals surface area contributed by atoms with Gasteiger partial charge in [-0.05, 0) is 36.8 Å². The maximum absolute atomic E-state index is 12.5. The summed E-state index contributed by atoms with van der Waals surface area (Å²) in [7, 11) is 0.261. The largest absolute Gasteiger partial charge is 0.366 e. The van der Waals surface area contributed by atoms with E-state index < -0.39 is 22.0 Å². The van der Waals surface area contributed by atoms with Crippen molar-refractivity contribution in [2.24, 2.45) is 5.73 Å². The quantitative estimate of drug-likeness (QED) is 0.871. The van der Waals surface area contributed by atoms with Crippen LogP contribution in [-0.4, -0.2) is 28.3 Å². The third-order valence-corrected chi connectivity index (χ3v) is 5.34. The van der Waals surface area contributed by atoms with E-state index in [2.05, 4.69) is 0 Å². The van der Waals surface area contributed by atoms with Gasteiger partial charge in [-0.2, -0.15) is 0 Å². The van der Waals surface area contributed by atoms with Gasteiger partial charge < -0.3 is 10.6 Å². The molecule has 2 N–H and O–H groups in total. The molecule has 0 fully saturated rings. The summed E-state index contributed by atoms with van der Waals surface area (Å²) < 4.78 is 12.5. The summed E-state index contributed by atoms with van der Waals surface area (Å²) in [5, 5.41) is -0.660. The van der Waals surface area contributed by atoms with Gasteiger partial charge in [0.2, 0.25) is 11.8 Å². The Morgan fingerprint density at radius 1 is 1.12 bits per heavy atom. The predicted molar refractivity (Wildman–Crippen MR) is 96.1 cm³/mol. The van der Waals surface area contributed by atoms with E-state index in [1.165, 1.54) is 4.90 Å². The van der Waals surface area contributed by atoms with Gasteiger partial charge in [-0.15, -0.1) is 0 Å². The number of nitrogens with two attached hydrogens (primary N) is 1. The van der Waals surface area contributed by atoms with Crippen molar-refractivity contribution in [3.8, 4) is 0 Å². The monoisotopic (exact) mass is 344 g/mol. The second kappa shape index (κ2) is 7.88. The lowest BCUT2D eigenvalue weighted by atomic mass is 10.1. The summed E-state index contributed by atoms with van der Waals surface area (Å²) >= 11 is 0. The van der Waals surface area contributed by atoms with Gasteiger partial charge in [-0.1, -0.05) is 30.3 Å². The van der Waals surface area contributed by atoms with Crippen LogP contribution in [0.3, 0.4) is 0 Å². The Hall–Kier alpha value is -2.47. The summed E-state index contributed by atoms with van der Waals surface area (Å²) in [5.41, 5.74) is 7.08. The number of hydrogen-bond acceptors (Lipinski definition) is 3. The van der Waals surface area contributed by atoms with Crippen molar-refractivity contribution in [3.63, 3.8) is 0 Å². The van der Waals surface area contributed by atoms with E-state index in [4.69, 9.17) is 5.73 Å². The highest BCUT2D eigenvalue weighted by Crippen LogP contribution is 2.16. The van der Waals surface area contributed by atoms with Gasteiger partial charge in [-0.25, -0.2) is 0 Å². The second-order valence-electron chi connectivity index (χ2n) is 5.46. The van der Waals surface area contributed by atoms with Crippen molar-refractivity contribution < 1.29 is 13.8 Å². The molecule has 2 aromatic rings. The Labute approximate surface area is 143 Å². The molecular formula is C18H20N2O3S. The first-order chi connectivity index (χ1) is 11.4. The highest BCUT2D eigenvalue weighted by atomic mass is 32.2. The van der Waals surface area contributed by atoms with Crippen LogP contribution in [0.1, 0.15) is 22.8 Å². The van der Waals surface area contributed by atoms with E-state index in [-0.39, 0.29) is 11.7 Å². The zero-order chi connectivity index (χ0) is 17.7. The molecule has 0 bridgehead atoms. The van der Waals surface area contributed by atoms with Crippen LogP contribution in [-0.2, 0) is 21.3 Å². The molecule has 0 aliphatic rings. The SMILES string of the molecule is CC(C(=O)N(C)c1ccccc1)S(=O)Cc1cccc(C(N)=O)c1. The molecule has 2 amide bonds. The molecule has 6 heteroatoms. The number of carbonyl (C=O) groups excluding carboxylic acids is 2. The van der Waals surface area contributed by atoms with E-state index in [9.17, 15) is 13.8 Å². The zero-order valence-electron chi connectivity index (χ0n) is 13.6. The van der Waals surface area contributed by atoms with E-state index in [0.717, 1.165) is 5.69 Å². The smallest absolute Gasteiger partial charge is 0.248 e. The van der Waals surface area contributed by atoms with Crippen LogP contribution in [0.2, 0.25) is 0 Å². The second-order valence-corrected chi connectivity index (χ2v) is 7.22. The lowest BCUT2D eigenvalue weighted by Crippen LogP contribution is -2.37. The van der Waals surface area contributed by atoms with Crippen molar-refractivity contribution >= 4 is 28.3 Å². The third kappa shape index (κ3) is 4.29. The van der Waals surface area contributed by atoms with Gasteiger partial charge in [0.25, 0.3) is 0 Å². The topological polar surface area (TPSA) is 80.5 Å². The zero-order valence-corrected chi connectivity index (χ0v) is 14.5. The summed E-state index contributed by atoms with van der Waals surface area (Å²) in [5.74, 6) is -0.558. The van der Waals surface area contributed by atoms with Gasteiger partial charge >= 0.3 is 0 Å². The van der Waals surface area contributed by atoms with E-state index in [1.807, 2.05) is 30.3 Å². The fourth-order valence-electron chi connectivity index (χ4n) is 2.27. The molecule has 0 spiro atoms. The highest BCUT2D eigenvalue weighted by molar-refractivity contribution is 7.85. The van der Waals surface area contributed by atoms with E-state index in [1.54, 1.807) is 38.2 Å². The Bertz CT molecular complexity index is 762. The fraction of sp³-hybridized carbons (Fsp3) is 0.222. The molecular weight excluding hydrogens is 324 g/mol. The number of nitrogens with zero attached hydrogens (tertiary/aromatic N) is 1. The molecule has 0 aromatic heterocycles. The number of anilines is 1. The van der Waals surface area contributed by atoms with Gasteiger partial charge in [0.15, 0.2) is 0 Å². The van der Waals surface area contributed by atoms with Crippen LogP contribution < -0.4 is 10.6 Å². The minimum Gasteiger partial charge on any atom is -0.366 e. The number of primary amides is 1. The molecule has 5 nitrogen and oxygen atoms in total. The van der Waals surface area contributed by atoms with Crippen LogP contribution in [0.4, 0.5) is 5.69 Å². The van der Waals surface area contributed by atoms with Gasteiger partial charge in [0.1, 0.15) is 5.25 Å². The molecule has 24 heavy (non-hydrogen) atoms. The Balaban J connectivity index is 2.08. The number of carbonyl (C=O) groups is 2. The number of hydrogen-bond donors (Lipinski definition) is 1. The van der Waals surface area contributed by atoms with Crippen molar-refractivity contribution in [1.82, 2.24) is 0 Å². The van der Waals surface area contributed by atoms with Crippen molar-refractivity contribution in [2.45, 2.75) is 17.9 Å². The average Bonchev–Trinajstić information content (AvgIpc) is 2.60. The summed E-state index contributed by atoms with van der Waals surface area (Å²) in [6, 6.07) is 15.9. The Kier molecular flexibility index (Phi) is 5.87. The van der Waals surface area contributed by atoms with Crippen LogP contribution in [0.5, 0.6) is 0 Å². The minimum absolute atomic E-state index is 0.191. The Morgan fingerprint density at radius 3 is 2.42 bits per heavy atom. The van der Waals surface area contributed by atoms with Crippen LogP contribution in [0.15, 0.2) is 54.6 Å². The molecule has 0 heterocycles. The number of para-hydroxylation sites is 1. The van der Waals surface area contributed by atoms with Gasteiger partial charge in [0, 0.05) is 34.9 Å². The highest BCUT2D eigenvalue weighted by Gasteiger charge is 2.24. The van der Waals surface area contributed by atoms with Crippen LogP contribution in [0.25, 0.3) is 0 Å². The number of amides is 2. The molecule has 0 aliphatic carbocycles.